The molecule has 1 amide bonds. The molecule has 0 saturated carbocycles. The molecule has 0 spiro atoms. The van der Waals surface area contributed by atoms with Crippen LogP contribution in [0.25, 0.3) is 0 Å². The van der Waals surface area contributed by atoms with Gasteiger partial charge in [-0.2, -0.15) is 13.2 Å². The molecule has 3 rings (SSSR count). The first-order valence-corrected chi connectivity index (χ1v) is 11.8. The lowest BCUT2D eigenvalue weighted by Gasteiger charge is -2.25. The SMILES string of the molecule is CC(C)(C)c1ccc(CN(CCc2cccc(C(F)(F)F)c2)C(=O)c2c(N)ccc(Cl)c2Cl)cc1. The van der Waals surface area contributed by atoms with Crippen LogP contribution in [0.4, 0.5) is 18.9 Å². The van der Waals surface area contributed by atoms with E-state index in [1.165, 1.54) is 23.1 Å². The summed E-state index contributed by atoms with van der Waals surface area (Å²) in [7, 11) is 0. The number of carbonyl (C=O) groups is 1. The average molecular weight is 523 g/mol. The zero-order chi connectivity index (χ0) is 26.0. The molecule has 0 aliphatic heterocycles. The van der Waals surface area contributed by atoms with Crippen LogP contribution in [-0.4, -0.2) is 17.4 Å². The van der Waals surface area contributed by atoms with Crippen LogP contribution < -0.4 is 5.73 Å². The Labute approximate surface area is 213 Å². The molecule has 3 nitrogen and oxygen atoms in total. The van der Waals surface area contributed by atoms with Gasteiger partial charge < -0.3 is 10.6 Å². The molecular formula is C27H27Cl2F3N2O. The zero-order valence-corrected chi connectivity index (χ0v) is 21.2. The standard InChI is InChI=1S/C27H27Cl2F3N2O/c1-26(2,3)19-9-7-18(8-10-19)16-34(25(35)23-22(33)12-11-21(28)24(23)29)14-13-17-5-4-6-20(15-17)27(30,31)32/h4-12,15H,13-14,16,33H2,1-3H3. The van der Waals surface area contributed by atoms with E-state index in [2.05, 4.69) is 20.8 Å². The van der Waals surface area contributed by atoms with Crippen molar-refractivity contribution in [1.29, 1.82) is 0 Å². The van der Waals surface area contributed by atoms with Crippen LogP contribution in [0.1, 0.15) is 53.4 Å². The van der Waals surface area contributed by atoms with Crippen LogP contribution >= 0.6 is 23.2 Å². The number of nitrogens with two attached hydrogens (primary N) is 1. The van der Waals surface area contributed by atoms with Crippen LogP contribution in [-0.2, 0) is 24.6 Å². The summed E-state index contributed by atoms with van der Waals surface area (Å²) < 4.78 is 39.4. The van der Waals surface area contributed by atoms with Gasteiger partial charge in [0.1, 0.15) is 0 Å². The summed E-state index contributed by atoms with van der Waals surface area (Å²) in [6.45, 7) is 6.71. The summed E-state index contributed by atoms with van der Waals surface area (Å²) in [5.74, 6) is -0.443. The predicted octanol–water partition coefficient (Wildman–Crippen LogP) is 7.78. The smallest absolute Gasteiger partial charge is 0.398 e. The molecule has 3 aromatic rings. The second-order valence-corrected chi connectivity index (χ2v) is 10.2. The highest BCUT2D eigenvalue weighted by Gasteiger charge is 2.30. The number of nitrogen functional groups attached to an aromatic ring is 1. The van der Waals surface area contributed by atoms with E-state index in [0.29, 0.717) is 5.56 Å². The number of anilines is 1. The van der Waals surface area contributed by atoms with Crippen molar-refractivity contribution in [2.45, 2.75) is 45.3 Å². The molecule has 0 saturated heterocycles. The minimum Gasteiger partial charge on any atom is -0.398 e. The van der Waals surface area contributed by atoms with Crippen molar-refractivity contribution in [2.24, 2.45) is 0 Å². The van der Waals surface area contributed by atoms with Gasteiger partial charge in [-0.25, -0.2) is 0 Å². The van der Waals surface area contributed by atoms with Gasteiger partial charge in [0.2, 0.25) is 0 Å². The summed E-state index contributed by atoms with van der Waals surface area (Å²) in [4.78, 5) is 15.1. The molecule has 2 N–H and O–H groups in total. The van der Waals surface area contributed by atoms with Crippen molar-refractivity contribution in [3.8, 4) is 0 Å². The van der Waals surface area contributed by atoms with E-state index in [0.717, 1.165) is 23.3 Å². The second-order valence-electron chi connectivity index (χ2n) is 9.45. The van der Waals surface area contributed by atoms with Crippen molar-refractivity contribution in [2.75, 3.05) is 12.3 Å². The fraction of sp³-hybridized carbons (Fsp3) is 0.296. The zero-order valence-electron chi connectivity index (χ0n) is 19.7. The van der Waals surface area contributed by atoms with E-state index in [9.17, 15) is 18.0 Å². The van der Waals surface area contributed by atoms with E-state index in [-0.39, 0.29) is 46.2 Å². The second kappa shape index (κ2) is 10.5. The van der Waals surface area contributed by atoms with E-state index < -0.39 is 17.6 Å². The Hall–Kier alpha value is -2.70. The first-order valence-electron chi connectivity index (χ1n) is 11.1. The van der Waals surface area contributed by atoms with Crippen LogP contribution in [0, 0.1) is 0 Å². The van der Waals surface area contributed by atoms with Crippen molar-refractivity contribution in [1.82, 2.24) is 4.90 Å². The Bertz CT molecular complexity index is 1200. The average Bonchev–Trinajstić information content (AvgIpc) is 2.78. The molecule has 3 aromatic carbocycles. The third kappa shape index (κ3) is 6.71. The molecule has 0 atom stereocenters. The highest BCUT2D eigenvalue weighted by Crippen LogP contribution is 2.32. The third-order valence-corrected chi connectivity index (χ3v) is 6.55. The minimum absolute atomic E-state index is 0.0275. The Morgan fingerprint density at radius 2 is 1.57 bits per heavy atom. The quantitative estimate of drug-likeness (QED) is 0.336. The molecule has 8 heteroatoms. The van der Waals surface area contributed by atoms with Gasteiger partial charge in [0.15, 0.2) is 0 Å². The number of amides is 1. The highest BCUT2D eigenvalue weighted by molar-refractivity contribution is 6.44. The maximum Gasteiger partial charge on any atom is 0.416 e. The Balaban J connectivity index is 1.91. The van der Waals surface area contributed by atoms with Gasteiger partial charge in [-0.1, -0.05) is 86.4 Å². The molecule has 0 radical (unpaired) electrons. The first kappa shape index (κ1) is 26.9. The summed E-state index contributed by atoms with van der Waals surface area (Å²) in [6, 6.07) is 16.0. The maximum absolute atomic E-state index is 13.5. The number of hydrogen-bond donors (Lipinski definition) is 1. The lowest BCUT2D eigenvalue weighted by atomic mass is 9.87. The fourth-order valence-corrected chi connectivity index (χ4v) is 4.10. The minimum atomic E-state index is -4.44. The first-order chi connectivity index (χ1) is 16.3. The van der Waals surface area contributed by atoms with Gasteiger partial charge in [-0.15, -0.1) is 0 Å². The maximum atomic E-state index is 13.5. The molecule has 0 aromatic heterocycles. The molecule has 0 aliphatic rings. The van der Waals surface area contributed by atoms with Gasteiger partial charge in [0.05, 0.1) is 21.2 Å². The van der Waals surface area contributed by atoms with E-state index in [1.54, 1.807) is 6.07 Å². The monoisotopic (exact) mass is 522 g/mol. The number of hydrogen-bond acceptors (Lipinski definition) is 2. The number of alkyl halides is 3. The van der Waals surface area contributed by atoms with Crippen LogP contribution in [0.5, 0.6) is 0 Å². The molecule has 186 valence electrons. The van der Waals surface area contributed by atoms with Crippen LogP contribution in [0.3, 0.4) is 0 Å². The summed E-state index contributed by atoms with van der Waals surface area (Å²) in [6.07, 6.45) is -4.23. The molecule has 0 fully saturated rings. The molecule has 35 heavy (non-hydrogen) atoms. The Kier molecular flexibility index (Phi) is 8.07. The number of benzene rings is 3. The predicted molar refractivity (Wildman–Crippen MR) is 136 cm³/mol. The summed E-state index contributed by atoms with van der Waals surface area (Å²) >= 11 is 12.4. The fourth-order valence-electron chi connectivity index (χ4n) is 3.69. The normalized spacial score (nSPS) is 12.0. The lowest BCUT2D eigenvalue weighted by Crippen LogP contribution is -2.33. The highest BCUT2D eigenvalue weighted by atomic mass is 35.5. The van der Waals surface area contributed by atoms with E-state index >= 15 is 0 Å². The van der Waals surface area contributed by atoms with Crippen molar-refractivity contribution < 1.29 is 18.0 Å². The lowest BCUT2D eigenvalue weighted by molar-refractivity contribution is -0.137. The third-order valence-electron chi connectivity index (χ3n) is 5.75. The molecular weight excluding hydrogens is 496 g/mol. The van der Waals surface area contributed by atoms with Crippen LogP contribution in [0.2, 0.25) is 10.0 Å². The Morgan fingerprint density at radius 1 is 0.914 bits per heavy atom. The Morgan fingerprint density at radius 3 is 2.17 bits per heavy atom. The van der Waals surface area contributed by atoms with Gasteiger partial charge in [-0.05, 0) is 46.7 Å². The molecule has 0 heterocycles. The van der Waals surface area contributed by atoms with Crippen LogP contribution in [0.15, 0.2) is 60.7 Å². The summed E-state index contributed by atoms with van der Waals surface area (Å²) in [5, 5.41) is 0.236. The number of nitrogens with zero attached hydrogens (tertiary/aromatic N) is 1. The largest absolute Gasteiger partial charge is 0.416 e. The summed E-state index contributed by atoms with van der Waals surface area (Å²) in [5.41, 5.74) is 8.02. The molecule has 0 aliphatic carbocycles. The van der Waals surface area contributed by atoms with E-state index in [4.69, 9.17) is 28.9 Å². The topological polar surface area (TPSA) is 46.3 Å². The van der Waals surface area contributed by atoms with Gasteiger partial charge in [-0.3, -0.25) is 4.79 Å². The van der Waals surface area contributed by atoms with Crippen molar-refractivity contribution in [3.63, 3.8) is 0 Å². The van der Waals surface area contributed by atoms with Gasteiger partial charge in [0, 0.05) is 18.8 Å². The number of rotatable bonds is 6. The molecule has 0 bridgehead atoms. The number of halogens is 5. The van der Waals surface area contributed by atoms with Gasteiger partial charge >= 0.3 is 6.18 Å². The van der Waals surface area contributed by atoms with E-state index in [1.807, 2.05) is 24.3 Å². The van der Waals surface area contributed by atoms with Crippen molar-refractivity contribution in [3.05, 3.63) is 98.5 Å². The number of carbonyl (C=O) groups excluding carboxylic acids is 1. The molecule has 0 unspecified atom stereocenters. The van der Waals surface area contributed by atoms with Crippen molar-refractivity contribution >= 4 is 34.8 Å². The van der Waals surface area contributed by atoms with Gasteiger partial charge in [0.25, 0.3) is 5.91 Å².